The van der Waals surface area contributed by atoms with Crippen LogP contribution >= 0.6 is 0 Å². The van der Waals surface area contributed by atoms with E-state index >= 15 is 0 Å². The summed E-state index contributed by atoms with van der Waals surface area (Å²) in [5.41, 5.74) is 11.7. The summed E-state index contributed by atoms with van der Waals surface area (Å²) in [6.45, 7) is 4.53. The third-order valence-electron chi connectivity index (χ3n) is 7.14. The zero-order valence-corrected chi connectivity index (χ0v) is 21.5. The van der Waals surface area contributed by atoms with Gasteiger partial charge in [0.1, 0.15) is 5.54 Å². The number of hydrogen-bond donors (Lipinski definition) is 0. The number of hydrogen-bond acceptors (Lipinski definition) is 1. The molecular formula is C35H33N2. The maximum atomic E-state index is 5.69. The van der Waals surface area contributed by atoms with Crippen LogP contribution in [0.1, 0.15) is 48.4 Å². The fourth-order valence-electron chi connectivity index (χ4n) is 4.87. The van der Waals surface area contributed by atoms with E-state index in [1.54, 1.807) is 0 Å². The number of nitrogens with zero attached hydrogens (tertiary/aromatic N) is 2. The molecule has 0 heterocycles. The average Bonchev–Trinajstić information content (AvgIpc) is 2.99. The predicted octanol–water partition coefficient (Wildman–Crippen LogP) is 8.85. The van der Waals surface area contributed by atoms with Gasteiger partial charge in [-0.2, -0.15) is 0 Å². The monoisotopic (exact) mass is 481 g/mol. The fourth-order valence-corrected chi connectivity index (χ4v) is 4.87. The molecular weight excluding hydrogens is 448 g/mol. The standard InChI is InChI=1S/C35H33N2/c1-3-28(2)29-24-26-32(27-25-29)35(30-16-8-4-9-17-30,31-18-10-5-11-19-31)36-37(33-20-12-6-13-21-33)34-22-14-7-15-23-34/h4-28H,3H2,1-2H3. The molecule has 0 spiro atoms. The lowest BCUT2D eigenvalue weighted by Gasteiger charge is -2.40. The van der Waals surface area contributed by atoms with Gasteiger partial charge < -0.3 is 0 Å². The second kappa shape index (κ2) is 11.3. The van der Waals surface area contributed by atoms with Crippen molar-refractivity contribution < 1.29 is 0 Å². The van der Waals surface area contributed by atoms with Crippen LogP contribution in [0.3, 0.4) is 0 Å². The van der Waals surface area contributed by atoms with Crippen LogP contribution in [0, 0.1) is 0 Å². The fraction of sp³-hybridized carbons (Fsp3) is 0.143. The van der Waals surface area contributed by atoms with E-state index in [-0.39, 0.29) is 0 Å². The highest BCUT2D eigenvalue weighted by molar-refractivity contribution is 5.63. The number of rotatable bonds is 9. The molecule has 37 heavy (non-hydrogen) atoms. The summed E-state index contributed by atoms with van der Waals surface area (Å²) in [6, 6.07) is 51.2. The summed E-state index contributed by atoms with van der Waals surface area (Å²) in [4.78, 5) is 0. The van der Waals surface area contributed by atoms with Gasteiger partial charge in [0.25, 0.3) is 0 Å². The van der Waals surface area contributed by atoms with Crippen LogP contribution in [0.4, 0.5) is 11.4 Å². The average molecular weight is 482 g/mol. The summed E-state index contributed by atoms with van der Waals surface area (Å²) >= 11 is 0. The van der Waals surface area contributed by atoms with Crippen molar-refractivity contribution in [3.8, 4) is 0 Å². The SMILES string of the molecule is CCC(C)c1ccc(C([N]N(c2ccccc2)c2ccccc2)(c2ccccc2)c2ccccc2)cc1. The molecule has 5 aromatic carbocycles. The highest BCUT2D eigenvalue weighted by atomic mass is 15.5. The van der Waals surface area contributed by atoms with Crippen LogP contribution in [0.15, 0.2) is 146 Å². The minimum absolute atomic E-state index is 0.513. The third-order valence-corrected chi connectivity index (χ3v) is 7.14. The first-order valence-electron chi connectivity index (χ1n) is 13.1. The van der Waals surface area contributed by atoms with Gasteiger partial charge in [-0.05, 0) is 58.9 Å². The molecule has 0 aromatic heterocycles. The summed E-state index contributed by atoms with van der Waals surface area (Å²) in [5, 5.41) is 2.09. The Balaban J connectivity index is 1.76. The van der Waals surface area contributed by atoms with E-state index in [0.717, 1.165) is 34.5 Å². The van der Waals surface area contributed by atoms with Crippen LogP contribution < -0.4 is 10.4 Å². The van der Waals surface area contributed by atoms with Crippen LogP contribution in [-0.2, 0) is 5.54 Å². The van der Waals surface area contributed by atoms with Gasteiger partial charge >= 0.3 is 0 Å². The highest BCUT2D eigenvalue weighted by Gasteiger charge is 2.40. The van der Waals surface area contributed by atoms with Gasteiger partial charge in [-0.1, -0.05) is 135 Å². The molecule has 0 aliphatic carbocycles. The molecule has 0 amide bonds. The Bertz CT molecular complexity index is 1290. The Labute approximate surface area is 221 Å². The Kier molecular flexibility index (Phi) is 7.49. The van der Waals surface area contributed by atoms with E-state index < -0.39 is 5.54 Å². The van der Waals surface area contributed by atoms with Crippen molar-refractivity contribution >= 4 is 11.4 Å². The highest BCUT2D eigenvalue weighted by Crippen LogP contribution is 2.41. The smallest absolute Gasteiger partial charge is 0.133 e. The van der Waals surface area contributed by atoms with E-state index in [2.05, 4.69) is 152 Å². The Hall–Kier alpha value is -4.14. The second-order valence-corrected chi connectivity index (χ2v) is 9.46. The zero-order chi connectivity index (χ0) is 25.5. The summed E-state index contributed by atoms with van der Waals surface area (Å²) in [6.07, 6.45) is 1.11. The van der Waals surface area contributed by atoms with Crippen LogP contribution in [0.2, 0.25) is 0 Å². The summed E-state index contributed by atoms with van der Waals surface area (Å²) in [5.74, 6) is 0.513. The van der Waals surface area contributed by atoms with Gasteiger partial charge in [0, 0.05) is 0 Å². The van der Waals surface area contributed by atoms with Gasteiger partial charge in [0.15, 0.2) is 0 Å². The predicted molar refractivity (Wildman–Crippen MR) is 155 cm³/mol. The molecule has 5 aromatic rings. The quantitative estimate of drug-likeness (QED) is 0.152. The van der Waals surface area contributed by atoms with Crippen molar-refractivity contribution in [3.05, 3.63) is 168 Å². The molecule has 183 valence electrons. The van der Waals surface area contributed by atoms with Crippen molar-refractivity contribution in [2.75, 3.05) is 5.01 Å². The largest absolute Gasteiger partial charge is 0.258 e. The lowest BCUT2D eigenvalue weighted by molar-refractivity contribution is 0.467. The first-order chi connectivity index (χ1) is 18.2. The van der Waals surface area contributed by atoms with Crippen molar-refractivity contribution in [3.63, 3.8) is 0 Å². The van der Waals surface area contributed by atoms with Crippen LogP contribution in [-0.4, -0.2) is 0 Å². The molecule has 2 heteroatoms. The van der Waals surface area contributed by atoms with Gasteiger partial charge in [-0.25, -0.2) is 0 Å². The molecule has 0 aliphatic heterocycles. The van der Waals surface area contributed by atoms with E-state index in [9.17, 15) is 0 Å². The number of anilines is 2. The molecule has 1 unspecified atom stereocenters. The Morgan fingerprint density at radius 3 is 1.32 bits per heavy atom. The Morgan fingerprint density at radius 1 is 0.541 bits per heavy atom. The van der Waals surface area contributed by atoms with Gasteiger partial charge in [-0.15, -0.1) is 5.43 Å². The summed E-state index contributed by atoms with van der Waals surface area (Å²) in [7, 11) is 0. The number of benzene rings is 5. The van der Waals surface area contributed by atoms with Crippen LogP contribution in [0.5, 0.6) is 0 Å². The molecule has 1 atom stereocenters. The van der Waals surface area contributed by atoms with Crippen molar-refractivity contribution in [1.82, 2.24) is 5.43 Å². The normalized spacial score (nSPS) is 12.2. The van der Waals surface area contributed by atoms with Gasteiger partial charge in [0.05, 0.1) is 11.4 Å². The minimum atomic E-state index is -0.762. The van der Waals surface area contributed by atoms with Gasteiger partial charge in [-0.3, -0.25) is 5.01 Å². The lowest BCUT2D eigenvalue weighted by Crippen LogP contribution is -2.46. The topological polar surface area (TPSA) is 17.3 Å². The molecule has 0 bridgehead atoms. The van der Waals surface area contributed by atoms with E-state index in [4.69, 9.17) is 5.43 Å². The van der Waals surface area contributed by atoms with E-state index in [1.165, 1.54) is 5.56 Å². The molecule has 0 aliphatic rings. The maximum absolute atomic E-state index is 5.69. The second-order valence-electron chi connectivity index (χ2n) is 9.46. The number of para-hydroxylation sites is 2. The maximum Gasteiger partial charge on any atom is 0.133 e. The van der Waals surface area contributed by atoms with E-state index in [0.29, 0.717) is 5.92 Å². The van der Waals surface area contributed by atoms with Crippen molar-refractivity contribution in [2.24, 2.45) is 0 Å². The molecule has 0 N–H and O–H groups in total. The van der Waals surface area contributed by atoms with E-state index in [1.807, 2.05) is 12.1 Å². The first kappa shape index (κ1) is 24.5. The molecule has 0 saturated heterocycles. The lowest BCUT2D eigenvalue weighted by atomic mass is 9.77. The third kappa shape index (κ3) is 5.07. The molecule has 0 fully saturated rings. The van der Waals surface area contributed by atoms with Crippen LogP contribution in [0.25, 0.3) is 0 Å². The zero-order valence-electron chi connectivity index (χ0n) is 21.5. The first-order valence-corrected chi connectivity index (χ1v) is 13.1. The molecule has 5 rings (SSSR count). The van der Waals surface area contributed by atoms with Gasteiger partial charge in [0.2, 0.25) is 0 Å². The van der Waals surface area contributed by atoms with Crippen molar-refractivity contribution in [2.45, 2.75) is 31.7 Å². The Morgan fingerprint density at radius 2 is 0.919 bits per heavy atom. The molecule has 1 radical (unpaired) electrons. The van der Waals surface area contributed by atoms with Crippen molar-refractivity contribution in [1.29, 1.82) is 0 Å². The minimum Gasteiger partial charge on any atom is -0.258 e. The molecule has 2 nitrogen and oxygen atoms in total. The molecule has 0 saturated carbocycles. The summed E-state index contributed by atoms with van der Waals surface area (Å²) < 4.78 is 0.